The van der Waals surface area contributed by atoms with Gasteiger partial charge in [0.25, 0.3) is 0 Å². The van der Waals surface area contributed by atoms with E-state index in [1.165, 1.54) is 11.1 Å². The fourth-order valence-corrected chi connectivity index (χ4v) is 4.13. The van der Waals surface area contributed by atoms with Crippen molar-refractivity contribution < 1.29 is 9.90 Å². The Hall–Kier alpha value is -3.83. The topological polar surface area (TPSA) is 77.2 Å². The van der Waals surface area contributed by atoms with Crippen LogP contribution in [-0.4, -0.2) is 22.0 Å². The molecule has 1 aliphatic carbocycles. The minimum absolute atomic E-state index is 0.106. The van der Waals surface area contributed by atoms with Crippen molar-refractivity contribution in [2.24, 2.45) is 0 Å². The molecule has 0 fully saturated rings. The number of hydrogen-bond acceptors (Lipinski definition) is 4. The van der Waals surface area contributed by atoms with Crippen molar-refractivity contribution >= 4 is 22.4 Å². The highest BCUT2D eigenvalue weighted by Gasteiger charge is 2.39. The van der Waals surface area contributed by atoms with Crippen LogP contribution in [-0.2, 0) is 11.2 Å². The maximum atomic E-state index is 12.6. The van der Waals surface area contributed by atoms with E-state index in [4.69, 9.17) is 0 Å². The van der Waals surface area contributed by atoms with Gasteiger partial charge in [-0.25, -0.2) is 0 Å². The third-order valence-electron chi connectivity index (χ3n) is 5.98. The van der Waals surface area contributed by atoms with Crippen LogP contribution in [0.5, 0.6) is 0 Å². The highest BCUT2D eigenvalue weighted by Crippen LogP contribution is 2.31. The van der Waals surface area contributed by atoms with Gasteiger partial charge in [-0.1, -0.05) is 78.4 Å². The zero-order chi connectivity index (χ0) is 22.1. The van der Waals surface area contributed by atoms with E-state index in [-0.39, 0.29) is 11.8 Å². The molecule has 1 heterocycles. The summed E-state index contributed by atoms with van der Waals surface area (Å²) < 4.78 is 0. The lowest BCUT2D eigenvalue weighted by molar-refractivity contribution is -0.125. The zero-order valence-corrected chi connectivity index (χ0v) is 17.8. The van der Waals surface area contributed by atoms with Gasteiger partial charge < -0.3 is 20.7 Å². The molecule has 5 heteroatoms. The second kappa shape index (κ2) is 8.36. The number of Topliss-reactive ketones (excluding diaryl/α,β-unsaturated/α-hetero) is 1. The van der Waals surface area contributed by atoms with Gasteiger partial charge in [0.2, 0.25) is 5.78 Å². The summed E-state index contributed by atoms with van der Waals surface area (Å²) in [5.74, 6) is -0.294. The number of H-pyrrole nitrogens is 1. The van der Waals surface area contributed by atoms with Crippen molar-refractivity contribution in [3.63, 3.8) is 0 Å². The molecule has 1 aromatic heterocycles. The van der Waals surface area contributed by atoms with E-state index >= 15 is 0 Å². The molecular formula is C27H25N3O2. The maximum absolute atomic E-state index is 12.6. The molecule has 0 radical (unpaired) electrons. The number of carbonyl (C=O) groups excluding carboxylic acids is 1. The summed E-state index contributed by atoms with van der Waals surface area (Å²) in [6, 6.07) is 26.3. The van der Waals surface area contributed by atoms with Crippen LogP contribution in [0, 0.1) is 6.92 Å². The molecule has 0 aliphatic heterocycles. The predicted molar refractivity (Wildman–Crippen MR) is 127 cm³/mol. The molecular weight excluding hydrogens is 398 g/mol. The summed E-state index contributed by atoms with van der Waals surface area (Å²) in [7, 11) is 0. The maximum Gasteiger partial charge on any atom is 0.215 e. The fraction of sp³-hybridized carbons (Fsp3) is 0.148. The first-order valence-electron chi connectivity index (χ1n) is 10.8. The van der Waals surface area contributed by atoms with Crippen molar-refractivity contribution in [2.45, 2.75) is 25.5 Å². The number of fused-ring (bicyclic) bond motifs is 1. The van der Waals surface area contributed by atoms with Crippen molar-refractivity contribution in [2.75, 3.05) is 5.32 Å². The Morgan fingerprint density at radius 3 is 2.47 bits per heavy atom. The van der Waals surface area contributed by atoms with Crippen LogP contribution in [0.3, 0.4) is 0 Å². The van der Waals surface area contributed by atoms with E-state index in [0.29, 0.717) is 11.4 Å². The SMILES string of the molecule is Cc1ccc(CC(NC2=C(Nc3c[nH]c4ccccc34)C(O)C2=O)c2ccccc2)cc1. The number of anilines is 1. The van der Waals surface area contributed by atoms with E-state index in [0.717, 1.165) is 28.6 Å². The number of nitrogens with one attached hydrogen (secondary N) is 3. The summed E-state index contributed by atoms with van der Waals surface area (Å²) in [4.78, 5) is 15.8. The zero-order valence-electron chi connectivity index (χ0n) is 17.8. The van der Waals surface area contributed by atoms with E-state index < -0.39 is 6.10 Å². The molecule has 4 N–H and O–H groups in total. The fourth-order valence-electron chi connectivity index (χ4n) is 4.13. The normalized spacial score (nSPS) is 16.7. The number of rotatable bonds is 7. The summed E-state index contributed by atoms with van der Waals surface area (Å²) in [6.45, 7) is 2.07. The molecule has 4 aromatic rings. The smallest absolute Gasteiger partial charge is 0.215 e. The van der Waals surface area contributed by atoms with Gasteiger partial charge >= 0.3 is 0 Å². The number of aromatic amines is 1. The van der Waals surface area contributed by atoms with Gasteiger partial charge in [0, 0.05) is 17.1 Å². The van der Waals surface area contributed by atoms with E-state index in [1.807, 2.05) is 48.7 Å². The third-order valence-corrected chi connectivity index (χ3v) is 5.98. The lowest BCUT2D eigenvalue weighted by Crippen LogP contribution is -2.46. The van der Waals surface area contributed by atoms with Crippen LogP contribution in [0.15, 0.2) is 96.5 Å². The Balaban J connectivity index is 1.46. The number of aliphatic hydroxyl groups is 1. The molecule has 2 atom stereocenters. The van der Waals surface area contributed by atoms with E-state index in [1.54, 1.807) is 0 Å². The van der Waals surface area contributed by atoms with Gasteiger partial charge in [0.05, 0.1) is 17.4 Å². The number of aryl methyl sites for hydroxylation is 1. The molecule has 3 aromatic carbocycles. The van der Waals surface area contributed by atoms with Crippen LogP contribution < -0.4 is 10.6 Å². The van der Waals surface area contributed by atoms with Gasteiger partial charge in [-0.15, -0.1) is 0 Å². The Morgan fingerprint density at radius 2 is 1.69 bits per heavy atom. The number of aliphatic hydroxyl groups excluding tert-OH is 1. The van der Waals surface area contributed by atoms with E-state index in [9.17, 15) is 9.90 Å². The molecule has 2 unspecified atom stereocenters. The summed E-state index contributed by atoms with van der Waals surface area (Å²) >= 11 is 0. The Labute approximate surface area is 186 Å². The average molecular weight is 424 g/mol. The average Bonchev–Trinajstić information content (AvgIpc) is 3.25. The van der Waals surface area contributed by atoms with Gasteiger partial charge in [-0.3, -0.25) is 4.79 Å². The minimum atomic E-state index is -1.15. The van der Waals surface area contributed by atoms with Crippen LogP contribution in [0.1, 0.15) is 22.7 Å². The van der Waals surface area contributed by atoms with Crippen LogP contribution >= 0.6 is 0 Å². The molecule has 0 spiro atoms. The quantitative estimate of drug-likeness (QED) is 0.350. The van der Waals surface area contributed by atoms with Crippen molar-refractivity contribution in [3.05, 3.63) is 113 Å². The lowest BCUT2D eigenvalue weighted by atomic mass is 9.91. The highest BCUT2D eigenvalue weighted by atomic mass is 16.3. The number of para-hydroxylation sites is 1. The van der Waals surface area contributed by atoms with Gasteiger partial charge in [0.1, 0.15) is 5.70 Å². The first kappa shape index (κ1) is 20.1. The number of benzene rings is 3. The van der Waals surface area contributed by atoms with E-state index in [2.05, 4.69) is 58.9 Å². The Kier molecular flexibility index (Phi) is 5.25. The molecule has 0 amide bonds. The number of hydrogen-bond donors (Lipinski definition) is 4. The van der Waals surface area contributed by atoms with Crippen LogP contribution in [0.4, 0.5) is 5.69 Å². The summed E-state index contributed by atoms with van der Waals surface area (Å²) in [6.07, 6.45) is 1.42. The first-order valence-corrected chi connectivity index (χ1v) is 10.8. The molecule has 0 bridgehead atoms. The van der Waals surface area contributed by atoms with Crippen molar-refractivity contribution in [1.29, 1.82) is 0 Å². The molecule has 5 rings (SSSR count). The third kappa shape index (κ3) is 3.79. The number of ketones is 1. The monoisotopic (exact) mass is 423 g/mol. The first-order chi connectivity index (χ1) is 15.6. The van der Waals surface area contributed by atoms with Crippen molar-refractivity contribution in [1.82, 2.24) is 10.3 Å². The van der Waals surface area contributed by atoms with Crippen molar-refractivity contribution in [3.8, 4) is 0 Å². The second-order valence-corrected chi connectivity index (χ2v) is 8.23. The van der Waals surface area contributed by atoms with Crippen LogP contribution in [0.25, 0.3) is 10.9 Å². The Morgan fingerprint density at radius 1 is 0.969 bits per heavy atom. The highest BCUT2D eigenvalue weighted by molar-refractivity contribution is 6.09. The number of carbonyl (C=O) groups is 1. The largest absolute Gasteiger partial charge is 0.378 e. The van der Waals surface area contributed by atoms with Gasteiger partial charge in [0.15, 0.2) is 6.10 Å². The Bertz CT molecular complexity index is 1290. The summed E-state index contributed by atoms with van der Waals surface area (Å²) in [5, 5.41) is 18.1. The van der Waals surface area contributed by atoms with Gasteiger partial charge in [-0.05, 0) is 30.5 Å². The lowest BCUT2D eigenvalue weighted by Gasteiger charge is -2.32. The second-order valence-electron chi connectivity index (χ2n) is 8.23. The minimum Gasteiger partial charge on any atom is -0.378 e. The number of aromatic nitrogens is 1. The predicted octanol–water partition coefficient (Wildman–Crippen LogP) is 4.62. The molecule has 0 saturated heterocycles. The molecule has 1 aliphatic rings. The summed E-state index contributed by atoms with van der Waals surface area (Å²) in [5.41, 5.74) is 6.23. The molecule has 32 heavy (non-hydrogen) atoms. The van der Waals surface area contributed by atoms with Crippen LogP contribution in [0.2, 0.25) is 0 Å². The molecule has 160 valence electrons. The molecule has 0 saturated carbocycles. The van der Waals surface area contributed by atoms with Gasteiger partial charge in [-0.2, -0.15) is 0 Å². The standard InChI is InChI=1S/C27H25N3O2/c1-17-11-13-18(14-12-17)15-22(19-7-3-2-4-8-19)29-24-25(27(32)26(24)31)30-23-16-28-21-10-6-5-9-20(21)23/h2-14,16,22,27-30,32H,15H2,1H3. The molecule has 5 nitrogen and oxygen atoms in total.